The number of hydrogen-bond acceptors (Lipinski definition) is 6. The number of hydrogen-bond donors (Lipinski definition) is 3. The highest BCUT2D eigenvalue weighted by atomic mass is 16.5. The molecule has 0 radical (unpaired) electrons. The van der Waals surface area contributed by atoms with E-state index in [1.165, 1.54) is 0 Å². The summed E-state index contributed by atoms with van der Waals surface area (Å²) in [5, 5.41) is 26.8. The fourth-order valence-corrected chi connectivity index (χ4v) is 2.25. The van der Waals surface area contributed by atoms with E-state index >= 15 is 0 Å². The van der Waals surface area contributed by atoms with Crippen LogP contribution in [-0.2, 0) is 4.74 Å². The van der Waals surface area contributed by atoms with Crippen molar-refractivity contribution >= 4 is 16.7 Å². The number of rotatable bonds is 2. The minimum Gasteiger partial charge on any atom is -0.397 e. The Kier molecular flexibility index (Phi) is 2.66. The highest BCUT2D eigenvalue weighted by molar-refractivity contribution is 5.86. The molecule has 0 unspecified atom stereocenters. The lowest BCUT2D eigenvalue weighted by Crippen LogP contribution is -2.24. The maximum absolute atomic E-state index is 9.72. The SMILES string of the molecule is Nc1cccc2nnn([C@H]3C[C@H](O)[C@@H](CO)O3)c12. The van der Waals surface area contributed by atoms with Crippen molar-refractivity contribution < 1.29 is 14.9 Å². The number of aliphatic hydroxyl groups is 2. The monoisotopic (exact) mass is 250 g/mol. The van der Waals surface area contributed by atoms with Crippen LogP contribution in [0.3, 0.4) is 0 Å². The third-order valence-electron chi connectivity index (χ3n) is 3.18. The van der Waals surface area contributed by atoms with E-state index in [0.29, 0.717) is 23.1 Å². The van der Waals surface area contributed by atoms with E-state index in [2.05, 4.69) is 10.3 Å². The van der Waals surface area contributed by atoms with Crippen LogP contribution in [-0.4, -0.2) is 44.0 Å². The van der Waals surface area contributed by atoms with Gasteiger partial charge in [-0.1, -0.05) is 11.3 Å². The predicted octanol–water partition coefficient (Wildman–Crippen LogP) is -0.346. The van der Waals surface area contributed by atoms with Crippen molar-refractivity contribution in [1.82, 2.24) is 15.0 Å². The zero-order chi connectivity index (χ0) is 12.7. The van der Waals surface area contributed by atoms with Gasteiger partial charge >= 0.3 is 0 Å². The molecule has 1 aliphatic heterocycles. The molecule has 1 aromatic carbocycles. The smallest absolute Gasteiger partial charge is 0.155 e. The minimum atomic E-state index is -0.704. The summed E-state index contributed by atoms with van der Waals surface area (Å²) in [4.78, 5) is 0. The fraction of sp³-hybridized carbons (Fsp3) is 0.455. The van der Waals surface area contributed by atoms with Crippen molar-refractivity contribution in [3.63, 3.8) is 0 Å². The van der Waals surface area contributed by atoms with Gasteiger partial charge in [0.2, 0.25) is 0 Å². The van der Waals surface area contributed by atoms with Crippen LogP contribution in [0.1, 0.15) is 12.6 Å². The van der Waals surface area contributed by atoms with E-state index in [1.54, 1.807) is 16.8 Å². The Morgan fingerprint density at radius 3 is 3.06 bits per heavy atom. The highest BCUT2D eigenvalue weighted by Gasteiger charge is 2.35. The van der Waals surface area contributed by atoms with E-state index in [9.17, 15) is 5.11 Å². The lowest BCUT2D eigenvalue weighted by molar-refractivity contribution is -0.0474. The summed E-state index contributed by atoms with van der Waals surface area (Å²) in [6.45, 7) is -0.222. The molecule has 2 aromatic rings. The fourth-order valence-electron chi connectivity index (χ4n) is 2.25. The summed E-state index contributed by atoms with van der Waals surface area (Å²) in [5.41, 5.74) is 7.83. The number of aromatic nitrogens is 3. The average molecular weight is 250 g/mol. The standard InChI is InChI=1S/C11H14N4O3/c12-6-2-1-3-7-11(6)15(14-13-7)10-4-8(17)9(5-16)18-10/h1-3,8-10,16-17H,4-5,12H2/t8-,9+,10+/m0/s1. The molecule has 7 heteroatoms. The van der Waals surface area contributed by atoms with Gasteiger partial charge in [-0.05, 0) is 12.1 Å². The van der Waals surface area contributed by atoms with Crippen LogP contribution < -0.4 is 5.73 Å². The molecule has 96 valence electrons. The van der Waals surface area contributed by atoms with Crippen LogP contribution >= 0.6 is 0 Å². The summed E-state index contributed by atoms with van der Waals surface area (Å²) in [5.74, 6) is 0. The van der Waals surface area contributed by atoms with Crippen LogP contribution in [0.2, 0.25) is 0 Å². The molecule has 1 saturated heterocycles. The topological polar surface area (TPSA) is 106 Å². The summed E-state index contributed by atoms with van der Waals surface area (Å²) in [6, 6.07) is 5.37. The van der Waals surface area contributed by atoms with E-state index in [1.807, 2.05) is 6.07 Å². The van der Waals surface area contributed by atoms with Crippen molar-refractivity contribution in [1.29, 1.82) is 0 Å². The number of nitrogens with zero attached hydrogens (tertiary/aromatic N) is 3. The molecular weight excluding hydrogens is 236 g/mol. The summed E-state index contributed by atoms with van der Waals surface area (Å²) < 4.78 is 7.09. The second kappa shape index (κ2) is 4.20. The van der Waals surface area contributed by atoms with E-state index in [4.69, 9.17) is 15.6 Å². The molecule has 1 aromatic heterocycles. The van der Waals surface area contributed by atoms with E-state index in [0.717, 1.165) is 0 Å². The average Bonchev–Trinajstić information content (AvgIpc) is 2.93. The maximum atomic E-state index is 9.72. The normalized spacial score (nSPS) is 28.0. The highest BCUT2D eigenvalue weighted by Crippen LogP contribution is 2.31. The van der Waals surface area contributed by atoms with E-state index in [-0.39, 0.29) is 6.61 Å². The molecule has 2 heterocycles. The van der Waals surface area contributed by atoms with Gasteiger partial charge in [-0.2, -0.15) is 0 Å². The van der Waals surface area contributed by atoms with Gasteiger partial charge < -0.3 is 20.7 Å². The maximum Gasteiger partial charge on any atom is 0.155 e. The molecule has 0 saturated carbocycles. The zero-order valence-corrected chi connectivity index (χ0v) is 9.60. The van der Waals surface area contributed by atoms with Crippen LogP contribution in [0.5, 0.6) is 0 Å². The largest absolute Gasteiger partial charge is 0.397 e. The number of para-hydroxylation sites is 1. The third kappa shape index (κ3) is 1.64. The second-order valence-corrected chi connectivity index (χ2v) is 4.36. The van der Waals surface area contributed by atoms with Crippen molar-refractivity contribution in [2.24, 2.45) is 0 Å². The second-order valence-electron chi connectivity index (χ2n) is 4.36. The number of benzene rings is 1. The van der Waals surface area contributed by atoms with Gasteiger partial charge in [-0.3, -0.25) is 0 Å². The van der Waals surface area contributed by atoms with Crippen molar-refractivity contribution in [2.75, 3.05) is 12.3 Å². The molecule has 1 aliphatic rings. The first-order chi connectivity index (χ1) is 8.70. The van der Waals surface area contributed by atoms with Gasteiger partial charge in [0, 0.05) is 6.42 Å². The lowest BCUT2D eigenvalue weighted by Gasteiger charge is -2.13. The minimum absolute atomic E-state index is 0.222. The van der Waals surface area contributed by atoms with Crippen LogP contribution in [0, 0.1) is 0 Å². The van der Waals surface area contributed by atoms with Gasteiger partial charge in [-0.15, -0.1) is 5.10 Å². The van der Waals surface area contributed by atoms with Crippen molar-refractivity contribution in [2.45, 2.75) is 24.9 Å². The molecule has 1 fully saturated rings. The summed E-state index contributed by atoms with van der Waals surface area (Å²) in [7, 11) is 0. The summed E-state index contributed by atoms with van der Waals surface area (Å²) >= 11 is 0. The molecule has 7 nitrogen and oxygen atoms in total. The number of nitrogen functional groups attached to an aromatic ring is 1. The molecule has 4 N–H and O–H groups in total. The Morgan fingerprint density at radius 2 is 2.33 bits per heavy atom. The molecule has 3 rings (SSSR count). The van der Waals surface area contributed by atoms with Crippen LogP contribution in [0.4, 0.5) is 5.69 Å². The van der Waals surface area contributed by atoms with Gasteiger partial charge in [0.25, 0.3) is 0 Å². The van der Waals surface area contributed by atoms with Gasteiger partial charge in [0.1, 0.15) is 17.1 Å². The first kappa shape index (κ1) is 11.4. The van der Waals surface area contributed by atoms with Crippen LogP contribution in [0.15, 0.2) is 18.2 Å². The van der Waals surface area contributed by atoms with Gasteiger partial charge in [0.15, 0.2) is 6.23 Å². The first-order valence-corrected chi connectivity index (χ1v) is 5.74. The van der Waals surface area contributed by atoms with Crippen molar-refractivity contribution in [3.8, 4) is 0 Å². The molecule has 0 aliphatic carbocycles. The van der Waals surface area contributed by atoms with Gasteiger partial charge in [-0.25, -0.2) is 4.68 Å². The molecule has 0 amide bonds. The molecule has 0 spiro atoms. The zero-order valence-electron chi connectivity index (χ0n) is 9.60. The molecule has 3 atom stereocenters. The lowest BCUT2D eigenvalue weighted by atomic mass is 10.2. The van der Waals surface area contributed by atoms with E-state index < -0.39 is 18.4 Å². The Labute approximate surface area is 103 Å². The van der Waals surface area contributed by atoms with Gasteiger partial charge in [0.05, 0.1) is 18.4 Å². The molecular formula is C11H14N4O3. The number of anilines is 1. The number of fused-ring (bicyclic) bond motifs is 1. The number of aliphatic hydroxyl groups excluding tert-OH is 2. The van der Waals surface area contributed by atoms with Crippen LogP contribution in [0.25, 0.3) is 11.0 Å². The molecule has 18 heavy (non-hydrogen) atoms. The molecule has 0 bridgehead atoms. The summed E-state index contributed by atoms with van der Waals surface area (Å²) in [6.07, 6.45) is -1.38. The number of nitrogens with two attached hydrogens (primary N) is 1. The predicted molar refractivity (Wildman–Crippen MR) is 63.6 cm³/mol. The van der Waals surface area contributed by atoms with Crippen molar-refractivity contribution in [3.05, 3.63) is 18.2 Å². The number of ether oxygens (including phenoxy) is 1. The Bertz CT molecular complexity index is 570. The quantitative estimate of drug-likeness (QED) is 0.629. The third-order valence-corrected chi connectivity index (χ3v) is 3.18. The Hall–Kier alpha value is -1.70. The Balaban J connectivity index is 2.01. The Morgan fingerprint density at radius 1 is 1.50 bits per heavy atom. The first-order valence-electron chi connectivity index (χ1n) is 5.74.